The van der Waals surface area contributed by atoms with Crippen molar-refractivity contribution in [1.29, 1.82) is 0 Å². The van der Waals surface area contributed by atoms with E-state index >= 15 is 0 Å². The van der Waals surface area contributed by atoms with Crippen LogP contribution in [-0.4, -0.2) is 31.9 Å². The molecule has 1 aliphatic carbocycles. The topological polar surface area (TPSA) is 55.4 Å². The number of carbonyl (C=O) groups is 2. The van der Waals surface area contributed by atoms with E-state index in [0.29, 0.717) is 0 Å². The summed E-state index contributed by atoms with van der Waals surface area (Å²) in [6.45, 7) is -6.74. The predicted octanol–water partition coefficient (Wildman–Crippen LogP) is 0.485. The van der Waals surface area contributed by atoms with Crippen LogP contribution in [-0.2, 0) is 9.53 Å². The number of hydrogen-bond donors (Lipinski definition) is 1. The van der Waals surface area contributed by atoms with Crippen LogP contribution in [0.25, 0.3) is 11.1 Å². The molecule has 0 fully saturated rings. The average Bonchev–Trinajstić information content (AvgIpc) is 2.91. The minimum Gasteiger partial charge on any atom is -0.449 e. The first-order valence-electron chi connectivity index (χ1n) is 7.69. The summed E-state index contributed by atoms with van der Waals surface area (Å²) >= 11 is 0. The Hall–Kier alpha value is -1.13. The first-order valence-corrected chi connectivity index (χ1v) is 7.69. The maximum atomic E-state index is 12.2. The number of hydrogen-bond acceptors (Lipinski definition) is 3. The molecule has 0 atom stereocenters. The van der Waals surface area contributed by atoms with Crippen molar-refractivity contribution in [3.8, 4) is 11.1 Å². The molecule has 0 bridgehead atoms. The van der Waals surface area contributed by atoms with E-state index in [1.54, 1.807) is 0 Å². The van der Waals surface area contributed by atoms with Crippen LogP contribution in [0.1, 0.15) is 17.0 Å². The Balaban J connectivity index is 0.00000243. The van der Waals surface area contributed by atoms with Crippen LogP contribution in [0.3, 0.4) is 0 Å². The third-order valence-corrected chi connectivity index (χ3v) is 4.12. The van der Waals surface area contributed by atoms with Crippen molar-refractivity contribution in [2.24, 2.45) is 0 Å². The Morgan fingerprint density at radius 3 is 1.96 bits per heavy atom. The van der Waals surface area contributed by atoms with Gasteiger partial charge in [-0.25, -0.2) is 4.79 Å². The van der Waals surface area contributed by atoms with E-state index in [1.165, 1.54) is 0 Å². The molecular formula is C17H14BF3KNO3. The summed E-state index contributed by atoms with van der Waals surface area (Å²) in [5.41, 5.74) is 2.11. The molecule has 0 unspecified atom stereocenters. The molecule has 1 amide bonds. The molecule has 2 aromatic carbocycles. The zero-order valence-corrected chi connectivity index (χ0v) is 17.2. The first kappa shape index (κ1) is 21.2. The van der Waals surface area contributed by atoms with Gasteiger partial charge in [0.15, 0.2) is 0 Å². The van der Waals surface area contributed by atoms with Crippen LogP contribution in [0.15, 0.2) is 48.5 Å². The Bertz CT molecular complexity index is 783. The number of ether oxygens (including phenoxy) is 1. The summed E-state index contributed by atoms with van der Waals surface area (Å²) in [6.07, 6.45) is -1.05. The molecule has 26 heavy (non-hydrogen) atoms. The van der Waals surface area contributed by atoms with Gasteiger partial charge in [0, 0.05) is 5.92 Å². The van der Waals surface area contributed by atoms with Crippen molar-refractivity contribution in [2.45, 2.75) is 5.92 Å². The van der Waals surface area contributed by atoms with Gasteiger partial charge in [-0.1, -0.05) is 48.5 Å². The van der Waals surface area contributed by atoms with Crippen LogP contribution in [0.5, 0.6) is 0 Å². The fourth-order valence-corrected chi connectivity index (χ4v) is 2.92. The van der Waals surface area contributed by atoms with Crippen LogP contribution in [0.2, 0.25) is 0 Å². The van der Waals surface area contributed by atoms with Crippen molar-refractivity contribution in [1.82, 2.24) is 5.32 Å². The van der Waals surface area contributed by atoms with Crippen LogP contribution in [0.4, 0.5) is 17.7 Å². The molecule has 130 valence electrons. The summed E-state index contributed by atoms with van der Waals surface area (Å²) in [6, 6.07) is 15.4. The molecule has 0 saturated carbocycles. The number of fused-ring (bicyclic) bond motifs is 3. The van der Waals surface area contributed by atoms with Gasteiger partial charge in [-0.2, -0.15) is 0 Å². The Morgan fingerprint density at radius 2 is 1.46 bits per heavy atom. The van der Waals surface area contributed by atoms with Gasteiger partial charge in [-0.05, 0) is 22.3 Å². The van der Waals surface area contributed by atoms with E-state index in [1.807, 2.05) is 53.8 Å². The van der Waals surface area contributed by atoms with Crippen LogP contribution < -0.4 is 56.7 Å². The molecule has 0 radical (unpaired) electrons. The SMILES string of the molecule is O=C(NCC(=O)[B-](F)(F)F)OCC1c2ccccc2-c2ccccc21.[K+]. The molecule has 4 nitrogen and oxygen atoms in total. The van der Waals surface area contributed by atoms with Crippen molar-refractivity contribution in [3.05, 3.63) is 59.7 Å². The molecule has 1 N–H and O–H groups in total. The van der Waals surface area contributed by atoms with Gasteiger partial charge in [-0.15, -0.1) is 0 Å². The zero-order valence-electron chi connectivity index (χ0n) is 14.0. The Kier molecular flexibility index (Phi) is 7.09. The van der Waals surface area contributed by atoms with Gasteiger partial charge < -0.3 is 27.8 Å². The van der Waals surface area contributed by atoms with E-state index < -0.39 is 25.3 Å². The van der Waals surface area contributed by atoms with E-state index in [0.717, 1.165) is 22.3 Å². The molecule has 1 aliphatic rings. The van der Waals surface area contributed by atoms with Crippen molar-refractivity contribution >= 4 is 18.8 Å². The van der Waals surface area contributed by atoms with Gasteiger partial charge in [0.25, 0.3) is 0 Å². The number of halogens is 3. The third kappa shape index (κ3) is 4.58. The number of alkyl carbamates (subject to hydrolysis) is 1. The quantitative estimate of drug-likeness (QED) is 0.760. The second-order valence-corrected chi connectivity index (χ2v) is 5.72. The monoisotopic (exact) mass is 387 g/mol. The normalized spacial score (nSPS) is 12.6. The standard InChI is InChI=1S/C17H14BF3NO3.K/c19-18(20,21)16(23)9-22-17(24)25-10-15-13-7-3-1-5-11(13)12-6-2-4-8-14(12)15;/h1-8,15H,9-10H2,(H,22,24);/q-1;+1. The number of benzene rings is 2. The molecule has 2 aromatic rings. The van der Waals surface area contributed by atoms with Crippen LogP contribution >= 0.6 is 0 Å². The smallest absolute Gasteiger partial charge is 0.449 e. The van der Waals surface area contributed by atoms with Crippen molar-refractivity contribution < 1.29 is 78.7 Å². The fraction of sp³-hybridized carbons (Fsp3) is 0.176. The van der Waals surface area contributed by atoms with E-state index in [2.05, 4.69) is 0 Å². The maximum Gasteiger partial charge on any atom is 1.00 e. The van der Waals surface area contributed by atoms with Gasteiger partial charge in [-0.3, -0.25) is 0 Å². The van der Waals surface area contributed by atoms with E-state index in [9.17, 15) is 22.5 Å². The molecule has 0 heterocycles. The average molecular weight is 387 g/mol. The summed E-state index contributed by atoms with van der Waals surface area (Å²) in [5, 5.41) is 1.85. The van der Waals surface area contributed by atoms with E-state index in [-0.39, 0.29) is 63.9 Å². The van der Waals surface area contributed by atoms with Gasteiger partial charge >= 0.3 is 64.5 Å². The summed E-state index contributed by atoms with van der Waals surface area (Å²) in [4.78, 5) is 22.4. The molecule has 3 rings (SSSR count). The molecular weight excluding hydrogens is 373 g/mol. The maximum absolute atomic E-state index is 12.2. The minimum absolute atomic E-state index is 0. The molecule has 0 aliphatic heterocycles. The first-order chi connectivity index (χ1) is 11.9. The zero-order chi connectivity index (χ0) is 18.0. The summed E-state index contributed by atoms with van der Waals surface area (Å²) < 4.78 is 41.6. The molecule has 9 heteroatoms. The second-order valence-electron chi connectivity index (χ2n) is 5.72. The molecule has 0 aromatic heterocycles. The molecule has 0 saturated heterocycles. The summed E-state index contributed by atoms with van der Waals surface area (Å²) in [5.74, 6) is -0.194. The number of amides is 1. The van der Waals surface area contributed by atoms with Crippen LogP contribution in [0, 0.1) is 0 Å². The van der Waals surface area contributed by atoms with Gasteiger partial charge in [0.1, 0.15) is 6.61 Å². The third-order valence-electron chi connectivity index (χ3n) is 4.12. The fourth-order valence-electron chi connectivity index (χ4n) is 2.92. The number of carbonyl (C=O) groups excluding carboxylic acids is 2. The number of rotatable bonds is 5. The summed E-state index contributed by atoms with van der Waals surface area (Å²) in [7, 11) is 0. The Labute approximate surface area is 191 Å². The van der Waals surface area contributed by atoms with Crippen molar-refractivity contribution in [2.75, 3.05) is 13.2 Å². The van der Waals surface area contributed by atoms with E-state index in [4.69, 9.17) is 4.74 Å². The minimum atomic E-state index is -5.61. The van der Waals surface area contributed by atoms with Crippen molar-refractivity contribution in [3.63, 3.8) is 0 Å². The number of nitrogens with one attached hydrogen (secondary N) is 1. The molecule has 0 spiro atoms. The van der Waals surface area contributed by atoms with Gasteiger partial charge in [0.05, 0.1) is 12.2 Å². The van der Waals surface area contributed by atoms with Gasteiger partial charge in [0.2, 0.25) is 0 Å². The largest absolute Gasteiger partial charge is 1.00 e. The predicted molar refractivity (Wildman–Crippen MR) is 87.2 cm³/mol. The Morgan fingerprint density at radius 1 is 0.962 bits per heavy atom. The second kappa shape index (κ2) is 8.71.